The first-order valence-electron chi connectivity index (χ1n) is 4.32. The minimum Gasteiger partial charge on any atom is -0.425 e. The van der Waals surface area contributed by atoms with Crippen molar-refractivity contribution in [3.63, 3.8) is 0 Å². The van der Waals surface area contributed by atoms with Crippen LogP contribution in [0.15, 0.2) is 17.1 Å². The van der Waals surface area contributed by atoms with Gasteiger partial charge in [-0.25, -0.2) is 9.97 Å². The maximum Gasteiger partial charge on any atom is 0.251 e. The highest BCUT2D eigenvalue weighted by Gasteiger charge is 2.08. The number of hydrogen-bond acceptors (Lipinski definition) is 6. The van der Waals surface area contributed by atoms with Gasteiger partial charge < -0.3 is 15.5 Å². The molecule has 0 radical (unpaired) electrons. The van der Waals surface area contributed by atoms with Crippen LogP contribution in [0, 0.1) is 0 Å². The van der Waals surface area contributed by atoms with E-state index in [2.05, 4.69) is 20.3 Å². The Kier molecular flexibility index (Phi) is 2.28. The van der Waals surface area contributed by atoms with Crippen LogP contribution in [-0.4, -0.2) is 27.5 Å². The normalized spacial score (nSPS) is 13.0. The molecule has 2 aromatic rings. The summed E-state index contributed by atoms with van der Waals surface area (Å²) in [6.45, 7) is 2.50. The predicted molar refractivity (Wildman–Crippen MR) is 51.7 cm³/mol. The second kappa shape index (κ2) is 3.59. The van der Waals surface area contributed by atoms with Crippen molar-refractivity contribution in [2.24, 2.45) is 5.73 Å². The molecule has 0 spiro atoms. The van der Waals surface area contributed by atoms with Gasteiger partial charge in [-0.1, -0.05) is 0 Å². The first-order chi connectivity index (χ1) is 6.81. The Morgan fingerprint density at radius 1 is 1.50 bits per heavy atom. The zero-order valence-electron chi connectivity index (χ0n) is 7.77. The molecule has 6 heteroatoms. The van der Waals surface area contributed by atoms with Crippen LogP contribution in [0.2, 0.25) is 0 Å². The molecule has 1 unspecified atom stereocenters. The summed E-state index contributed by atoms with van der Waals surface area (Å²) in [5.74, 6) is 0.654. The number of fused-ring (bicyclic) bond motifs is 1. The van der Waals surface area contributed by atoms with Crippen LogP contribution >= 0.6 is 0 Å². The van der Waals surface area contributed by atoms with Crippen molar-refractivity contribution in [1.82, 2.24) is 15.0 Å². The zero-order valence-corrected chi connectivity index (χ0v) is 7.77. The molecule has 0 aromatic carbocycles. The van der Waals surface area contributed by atoms with Crippen LogP contribution in [0.5, 0.6) is 0 Å². The van der Waals surface area contributed by atoms with Crippen LogP contribution in [-0.2, 0) is 0 Å². The Morgan fingerprint density at radius 2 is 2.36 bits per heavy atom. The van der Waals surface area contributed by atoms with Crippen LogP contribution < -0.4 is 11.1 Å². The first-order valence-corrected chi connectivity index (χ1v) is 4.32. The summed E-state index contributed by atoms with van der Waals surface area (Å²) in [5.41, 5.74) is 6.60. The first kappa shape index (κ1) is 8.89. The van der Waals surface area contributed by atoms with Gasteiger partial charge in [0.05, 0.1) is 0 Å². The zero-order chi connectivity index (χ0) is 9.97. The summed E-state index contributed by atoms with van der Waals surface area (Å²) in [6.07, 6.45) is 2.77. The van der Waals surface area contributed by atoms with Gasteiger partial charge in [-0.05, 0) is 6.92 Å². The van der Waals surface area contributed by atoms with E-state index in [1.807, 2.05) is 6.92 Å². The van der Waals surface area contributed by atoms with Crippen molar-refractivity contribution >= 4 is 17.0 Å². The summed E-state index contributed by atoms with van der Waals surface area (Å²) in [5, 5.41) is 3.12. The molecule has 0 aliphatic rings. The van der Waals surface area contributed by atoms with Crippen molar-refractivity contribution in [1.29, 1.82) is 0 Å². The average molecular weight is 193 g/mol. The molecule has 0 bridgehead atoms. The molecule has 6 nitrogen and oxygen atoms in total. The fraction of sp³-hybridized carbons (Fsp3) is 0.375. The Morgan fingerprint density at radius 3 is 3.14 bits per heavy atom. The fourth-order valence-electron chi connectivity index (χ4n) is 1.09. The molecule has 14 heavy (non-hydrogen) atoms. The van der Waals surface area contributed by atoms with Crippen LogP contribution in [0.3, 0.4) is 0 Å². The molecule has 2 aromatic heterocycles. The van der Waals surface area contributed by atoms with Gasteiger partial charge in [-0.15, -0.1) is 0 Å². The number of aromatic nitrogens is 3. The maximum absolute atomic E-state index is 5.49. The second-order valence-corrected chi connectivity index (χ2v) is 3.01. The third-order valence-corrected chi connectivity index (χ3v) is 1.87. The minimum atomic E-state index is 0.143. The lowest BCUT2D eigenvalue weighted by Gasteiger charge is -2.10. The summed E-state index contributed by atoms with van der Waals surface area (Å²) in [6, 6.07) is 0.143. The Balaban J connectivity index is 2.36. The summed E-state index contributed by atoms with van der Waals surface area (Å²) in [7, 11) is 0. The van der Waals surface area contributed by atoms with E-state index in [1.54, 1.807) is 0 Å². The monoisotopic (exact) mass is 193 g/mol. The van der Waals surface area contributed by atoms with E-state index in [0.717, 1.165) is 0 Å². The third-order valence-electron chi connectivity index (χ3n) is 1.87. The number of anilines is 1. The fourth-order valence-corrected chi connectivity index (χ4v) is 1.09. The van der Waals surface area contributed by atoms with Gasteiger partial charge in [0.2, 0.25) is 0 Å². The summed E-state index contributed by atoms with van der Waals surface area (Å²) >= 11 is 0. The molecule has 0 fully saturated rings. The van der Waals surface area contributed by atoms with Gasteiger partial charge in [-0.3, -0.25) is 0 Å². The Labute approximate surface area is 80.6 Å². The van der Waals surface area contributed by atoms with E-state index in [4.69, 9.17) is 10.2 Å². The van der Waals surface area contributed by atoms with Crippen molar-refractivity contribution in [2.45, 2.75) is 13.0 Å². The standard InChI is InChI=1S/C8H11N5O/c1-5(2-9)13-7-6-8(11-3-10-7)14-4-12-6/h3-5H,2,9H2,1H3,(H,10,11,13). The maximum atomic E-state index is 5.49. The molecule has 74 valence electrons. The summed E-state index contributed by atoms with van der Waals surface area (Å²) in [4.78, 5) is 12.0. The second-order valence-electron chi connectivity index (χ2n) is 3.01. The largest absolute Gasteiger partial charge is 0.425 e. The number of nitrogens with one attached hydrogen (secondary N) is 1. The molecule has 0 amide bonds. The number of nitrogens with two attached hydrogens (primary N) is 1. The lowest BCUT2D eigenvalue weighted by molar-refractivity contribution is 0.590. The SMILES string of the molecule is CC(CN)Nc1ncnc2ocnc12. The molecule has 0 saturated carbocycles. The smallest absolute Gasteiger partial charge is 0.251 e. The van der Waals surface area contributed by atoms with Crippen molar-refractivity contribution < 1.29 is 4.42 Å². The topological polar surface area (TPSA) is 89.9 Å². The molecular weight excluding hydrogens is 182 g/mol. The van der Waals surface area contributed by atoms with E-state index in [1.165, 1.54) is 12.7 Å². The highest BCUT2D eigenvalue weighted by molar-refractivity contribution is 5.80. The molecule has 1 atom stereocenters. The van der Waals surface area contributed by atoms with E-state index < -0.39 is 0 Å². The van der Waals surface area contributed by atoms with Crippen molar-refractivity contribution in [2.75, 3.05) is 11.9 Å². The van der Waals surface area contributed by atoms with Crippen molar-refractivity contribution in [3.8, 4) is 0 Å². The van der Waals surface area contributed by atoms with Gasteiger partial charge in [0.25, 0.3) is 5.71 Å². The van der Waals surface area contributed by atoms with Gasteiger partial charge in [-0.2, -0.15) is 4.98 Å². The Hall–Kier alpha value is -1.69. The van der Waals surface area contributed by atoms with E-state index in [-0.39, 0.29) is 6.04 Å². The molecule has 3 N–H and O–H groups in total. The van der Waals surface area contributed by atoms with Crippen LogP contribution in [0.25, 0.3) is 11.2 Å². The van der Waals surface area contributed by atoms with Gasteiger partial charge in [0.15, 0.2) is 17.7 Å². The molecule has 2 heterocycles. The molecular formula is C8H11N5O. The molecule has 0 aliphatic heterocycles. The third kappa shape index (κ3) is 1.51. The van der Waals surface area contributed by atoms with Crippen LogP contribution in [0.4, 0.5) is 5.82 Å². The predicted octanol–water partition coefficient (Wildman–Crippen LogP) is 0.377. The van der Waals surface area contributed by atoms with Crippen molar-refractivity contribution in [3.05, 3.63) is 12.7 Å². The quantitative estimate of drug-likeness (QED) is 0.732. The Bertz CT molecular complexity index is 426. The lowest BCUT2D eigenvalue weighted by Crippen LogP contribution is -2.25. The van der Waals surface area contributed by atoms with E-state index >= 15 is 0 Å². The van der Waals surface area contributed by atoms with Gasteiger partial charge in [0, 0.05) is 12.6 Å². The van der Waals surface area contributed by atoms with Gasteiger partial charge >= 0.3 is 0 Å². The number of nitrogens with zero attached hydrogens (tertiary/aromatic N) is 3. The highest BCUT2D eigenvalue weighted by atomic mass is 16.3. The van der Waals surface area contributed by atoms with E-state index in [0.29, 0.717) is 23.6 Å². The molecule has 0 aliphatic carbocycles. The highest BCUT2D eigenvalue weighted by Crippen LogP contribution is 2.16. The van der Waals surface area contributed by atoms with E-state index in [9.17, 15) is 0 Å². The number of rotatable bonds is 3. The average Bonchev–Trinajstić information content (AvgIpc) is 2.66. The minimum absolute atomic E-state index is 0.143. The van der Waals surface area contributed by atoms with Crippen LogP contribution in [0.1, 0.15) is 6.92 Å². The van der Waals surface area contributed by atoms with Gasteiger partial charge in [0.1, 0.15) is 6.33 Å². The summed E-state index contributed by atoms with van der Waals surface area (Å²) < 4.78 is 5.04. The number of hydrogen-bond donors (Lipinski definition) is 2. The number of oxazole rings is 1. The lowest BCUT2D eigenvalue weighted by atomic mass is 10.3. The molecule has 2 rings (SSSR count). The molecule has 0 saturated heterocycles.